The molecule has 2 aromatic rings. The van der Waals surface area contributed by atoms with Crippen molar-refractivity contribution < 1.29 is 9.53 Å². The Bertz CT molecular complexity index is 695. The maximum atomic E-state index is 12.5. The van der Waals surface area contributed by atoms with Crippen LogP contribution in [-0.2, 0) is 0 Å². The van der Waals surface area contributed by atoms with Gasteiger partial charge in [0.05, 0.1) is 6.10 Å². The lowest BCUT2D eigenvalue weighted by atomic mass is 10.3. The van der Waals surface area contributed by atoms with Gasteiger partial charge in [0.25, 0.3) is 5.91 Å². The topological polar surface area (TPSA) is 67.4 Å². The van der Waals surface area contributed by atoms with Gasteiger partial charge in [0.15, 0.2) is 0 Å². The molecule has 0 aliphatic rings. The van der Waals surface area contributed by atoms with Gasteiger partial charge in [-0.25, -0.2) is 9.97 Å². The number of ether oxygens (including phenoxy) is 1. The summed E-state index contributed by atoms with van der Waals surface area (Å²) in [5.41, 5.74) is 1.06. The number of rotatable bonds is 9. The minimum absolute atomic E-state index is 0.115. The van der Waals surface area contributed by atoms with E-state index in [1.54, 1.807) is 12.3 Å². The highest BCUT2D eigenvalue weighted by Crippen LogP contribution is 2.18. The van der Waals surface area contributed by atoms with E-state index < -0.39 is 0 Å². The predicted molar refractivity (Wildman–Crippen MR) is 105 cm³/mol. The number of hydrogen-bond donors (Lipinski definition) is 1. The third kappa shape index (κ3) is 5.72. The van der Waals surface area contributed by atoms with E-state index in [1.165, 1.54) is 0 Å². The lowest BCUT2D eigenvalue weighted by Crippen LogP contribution is -2.27. The van der Waals surface area contributed by atoms with Crippen molar-refractivity contribution in [2.24, 2.45) is 0 Å². The Morgan fingerprint density at radius 1 is 1.12 bits per heavy atom. The van der Waals surface area contributed by atoms with Crippen LogP contribution < -0.4 is 15.0 Å². The maximum absolute atomic E-state index is 12.5. The fraction of sp³-hybridized carbons (Fsp3) is 0.450. The van der Waals surface area contributed by atoms with Gasteiger partial charge in [-0.15, -0.1) is 0 Å². The average molecular weight is 356 g/mol. The largest absolute Gasteiger partial charge is 0.491 e. The number of carbonyl (C=O) groups excluding carboxylic acids is 1. The standard InChI is InChI=1S/C20H28N4O2/c1-5-13-24(14-6-2)20-21-12-11-18(23-20)19(25)22-16-7-9-17(10-8-16)26-15(3)4/h7-12,15H,5-6,13-14H2,1-4H3,(H,22,25). The molecule has 0 radical (unpaired) electrons. The molecule has 0 aliphatic heterocycles. The molecule has 1 N–H and O–H groups in total. The van der Waals surface area contributed by atoms with Crippen molar-refractivity contribution in [1.29, 1.82) is 0 Å². The summed E-state index contributed by atoms with van der Waals surface area (Å²) < 4.78 is 5.61. The molecule has 0 saturated heterocycles. The van der Waals surface area contributed by atoms with E-state index >= 15 is 0 Å². The van der Waals surface area contributed by atoms with Gasteiger partial charge >= 0.3 is 0 Å². The number of anilines is 2. The molecule has 1 amide bonds. The Morgan fingerprint density at radius 3 is 2.35 bits per heavy atom. The zero-order valence-electron chi connectivity index (χ0n) is 16.0. The lowest BCUT2D eigenvalue weighted by molar-refractivity contribution is 0.102. The molecule has 0 saturated carbocycles. The van der Waals surface area contributed by atoms with Gasteiger partial charge in [0.2, 0.25) is 5.95 Å². The molecule has 140 valence electrons. The third-order valence-electron chi connectivity index (χ3n) is 3.63. The molecular formula is C20H28N4O2. The molecule has 0 unspecified atom stereocenters. The Balaban J connectivity index is 2.08. The van der Waals surface area contributed by atoms with Gasteiger partial charge < -0.3 is 15.0 Å². The summed E-state index contributed by atoms with van der Waals surface area (Å²) in [5.74, 6) is 1.12. The quantitative estimate of drug-likeness (QED) is 0.731. The minimum atomic E-state index is -0.251. The number of benzene rings is 1. The molecule has 0 aliphatic carbocycles. The van der Waals surface area contributed by atoms with E-state index in [2.05, 4.69) is 34.0 Å². The molecule has 0 fully saturated rings. The second-order valence-corrected chi connectivity index (χ2v) is 6.37. The fourth-order valence-electron chi connectivity index (χ4n) is 2.56. The zero-order valence-corrected chi connectivity index (χ0v) is 16.0. The number of aromatic nitrogens is 2. The Morgan fingerprint density at radius 2 is 1.77 bits per heavy atom. The summed E-state index contributed by atoms with van der Waals surface area (Å²) in [5, 5.41) is 2.87. The summed E-state index contributed by atoms with van der Waals surface area (Å²) in [6.07, 6.45) is 3.76. The summed E-state index contributed by atoms with van der Waals surface area (Å²) in [4.78, 5) is 23.4. The molecule has 6 heteroatoms. The van der Waals surface area contributed by atoms with E-state index in [1.807, 2.05) is 38.1 Å². The van der Waals surface area contributed by atoms with Crippen LogP contribution in [0, 0.1) is 0 Å². The van der Waals surface area contributed by atoms with Gasteiger partial charge in [-0.2, -0.15) is 0 Å². The smallest absolute Gasteiger partial charge is 0.274 e. The van der Waals surface area contributed by atoms with Crippen LogP contribution in [0.2, 0.25) is 0 Å². The maximum Gasteiger partial charge on any atom is 0.274 e. The first-order valence-electron chi connectivity index (χ1n) is 9.19. The molecular weight excluding hydrogens is 328 g/mol. The van der Waals surface area contributed by atoms with Crippen molar-refractivity contribution in [3.05, 3.63) is 42.2 Å². The molecule has 0 spiro atoms. The SMILES string of the molecule is CCCN(CCC)c1nccc(C(=O)Nc2ccc(OC(C)C)cc2)n1. The van der Waals surface area contributed by atoms with Crippen LogP contribution in [0.25, 0.3) is 0 Å². The third-order valence-corrected chi connectivity index (χ3v) is 3.63. The van der Waals surface area contributed by atoms with Crippen LogP contribution in [0.1, 0.15) is 51.0 Å². The number of hydrogen-bond acceptors (Lipinski definition) is 5. The van der Waals surface area contributed by atoms with Gasteiger partial charge in [0.1, 0.15) is 11.4 Å². The average Bonchev–Trinajstić information content (AvgIpc) is 2.63. The molecule has 0 atom stereocenters. The highest BCUT2D eigenvalue weighted by Gasteiger charge is 2.13. The van der Waals surface area contributed by atoms with E-state index in [-0.39, 0.29) is 12.0 Å². The number of nitrogens with one attached hydrogen (secondary N) is 1. The number of nitrogens with zero attached hydrogens (tertiary/aromatic N) is 3. The van der Waals surface area contributed by atoms with E-state index in [4.69, 9.17) is 4.74 Å². The minimum Gasteiger partial charge on any atom is -0.491 e. The molecule has 6 nitrogen and oxygen atoms in total. The van der Waals surface area contributed by atoms with E-state index in [0.717, 1.165) is 31.7 Å². The van der Waals surface area contributed by atoms with E-state index in [0.29, 0.717) is 17.3 Å². The molecule has 1 aromatic carbocycles. The Hall–Kier alpha value is -2.63. The van der Waals surface area contributed by atoms with Gasteiger partial charge in [-0.1, -0.05) is 13.8 Å². The Labute approximate surface area is 155 Å². The van der Waals surface area contributed by atoms with Crippen molar-refractivity contribution in [1.82, 2.24) is 9.97 Å². The monoisotopic (exact) mass is 356 g/mol. The van der Waals surface area contributed by atoms with Gasteiger partial charge in [-0.05, 0) is 57.0 Å². The normalized spacial score (nSPS) is 10.7. The van der Waals surface area contributed by atoms with Crippen LogP contribution >= 0.6 is 0 Å². The van der Waals surface area contributed by atoms with Crippen molar-refractivity contribution in [2.45, 2.75) is 46.6 Å². The summed E-state index contributed by atoms with van der Waals surface area (Å²) in [6.45, 7) is 9.93. The van der Waals surface area contributed by atoms with Crippen molar-refractivity contribution in [2.75, 3.05) is 23.3 Å². The second kappa shape index (κ2) is 9.75. The van der Waals surface area contributed by atoms with Crippen molar-refractivity contribution in [3.63, 3.8) is 0 Å². The number of amides is 1. The van der Waals surface area contributed by atoms with Gasteiger partial charge in [0, 0.05) is 25.0 Å². The highest BCUT2D eigenvalue weighted by molar-refractivity contribution is 6.03. The van der Waals surface area contributed by atoms with Crippen LogP contribution in [0.15, 0.2) is 36.5 Å². The number of carbonyl (C=O) groups is 1. The molecule has 2 rings (SSSR count). The lowest BCUT2D eigenvalue weighted by Gasteiger charge is -2.21. The first kappa shape index (κ1) is 19.7. The fourth-order valence-corrected chi connectivity index (χ4v) is 2.56. The zero-order chi connectivity index (χ0) is 18.9. The molecule has 1 heterocycles. The summed E-state index contributed by atoms with van der Waals surface area (Å²) in [7, 11) is 0. The first-order valence-corrected chi connectivity index (χ1v) is 9.19. The summed E-state index contributed by atoms with van der Waals surface area (Å²) in [6, 6.07) is 8.94. The van der Waals surface area contributed by atoms with Crippen LogP contribution in [-0.4, -0.2) is 35.1 Å². The highest BCUT2D eigenvalue weighted by atomic mass is 16.5. The predicted octanol–water partition coefficient (Wildman–Crippen LogP) is 4.14. The van der Waals surface area contributed by atoms with Crippen molar-refractivity contribution in [3.8, 4) is 5.75 Å². The molecule has 0 bridgehead atoms. The summed E-state index contributed by atoms with van der Waals surface area (Å²) >= 11 is 0. The van der Waals surface area contributed by atoms with Crippen LogP contribution in [0.5, 0.6) is 5.75 Å². The second-order valence-electron chi connectivity index (χ2n) is 6.37. The molecule has 1 aromatic heterocycles. The van der Waals surface area contributed by atoms with Gasteiger partial charge in [-0.3, -0.25) is 4.79 Å². The van der Waals surface area contributed by atoms with Crippen molar-refractivity contribution >= 4 is 17.5 Å². The van der Waals surface area contributed by atoms with Crippen LogP contribution in [0.3, 0.4) is 0 Å². The first-order chi connectivity index (χ1) is 12.5. The van der Waals surface area contributed by atoms with E-state index in [9.17, 15) is 4.79 Å². The molecule has 26 heavy (non-hydrogen) atoms. The van der Waals surface area contributed by atoms with Crippen LogP contribution in [0.4, 0.5) is 11.6 Å². The Kier molecular flexibility index (Phi) is 7.38.